The van der Waals surface area contributed by atoms with Crippen LogP contribution in [0.25, 0.3) is 0 Å². The molecule has 94 valence electrons. The van der Waals surface area contributed by atoms with E-state index in [0.29, 0.717) is 0 Å². The second kappa shape index (κ2) is 7.13. The molecule has 0 atom stereocenters. The zero-order valence-corrected chi connectivity index (χ0v) is 11.2. The maximum atomic E-state index is 11.4. The lowest BCUT2D eigenvalue weighted by molar-refractivity contribution is -0.129. The predicted octanol–water partition coefficient (Wildman–Crippen LogP) is 1.81. The van der Waals surface area contributed by atoms with Crippen LogP contribution in [0.3, 0.4) is 0 Å². The fourth-order valence-electron chi connectivity index (χ4n) is 2.30. The Kier molecular flexibility index (Phi) is 6.14. The lowest BCUT2D eigenvalue weighted by atomic mass is 9.96. The third-order valence-corrected chi connectivity index (χ3v) is 3.72. The molecule has 0 bridgehead atoms. The van der Waals surface area contributed by atoms with Crippen LogP contribution in [-0.2, 0) is 4.79 Å². The van der Waals surface area contributed by atoms with E-state index in [0.717, 1.165) is 44.9 Å². The van der Waals surface area contributed by atoms with Gasteiger partial charge in [0.15, 0.2) is 0 Å². The summed E-state index contributed by atoms with van der Waals surface area (Å²) < 4.78 is 0. The first-order valence-corrected chi connectivity index (χ1v) is 6.80. The van der Waals surface area contributed by atoms with Crippen molar-refractivity contribution in [2.24, 2.45) is 5.92 Å². The molecule has 3 nitrogen and oxygen atoms in total. The van der Waals surface area contributed by atoms with Gasteiger partial charge in [0.25, 0.3) is 0 Å². The SMILES string of the molecule is CCN(CC)CC1CCN(C(=O)CCl)CC1. The van der Waals surface area contributed by atoms with Gasteiger partial charge >= 0.3 is 0 Å². The molecule has 1 aliphatic heterocycles. The van der Waals surface area contributed by atoms with E-state index in [-0.39, 0.29) is 11.8 Å². The average molecular weight is 247 g/mol. The van der Waals surface area contributed by atoms with E-state index in [2.05, 4.69) is 18.7 Å². The molecule has 0 saturated carbocycles. The Bertz CT molecular complexity index is 211. The van der Waals surface area contributed by atoms with Crippen molar-refractivity contribution in [3.8, 4) is 0 Å². The number of alkyl halides is 1. The van der Waals surface area contributed by atoms with Gasteiger partial charge < -0.3 is 9.80 Å². The molecule has 0 aliphatic carbocycles. The highest BCUT2D eigenvalue weighted by atomic mass is 35.5. The molecule has 1 fully saturated rings. The second-order valence-corrected chi connectivity index (χ2v) is 4.71. The van der Waals surface area contributed by atoms with Crippen LogP contribution in [0.5, 0.6) is 0 Å². The zero-order valence-electron chi connectivity index (χ0n) is 10.4. The van der Waals surface area contributed by atoms with E-state index >= 15 is 0 Å². The number of piperidine rings is 1. The summed E-state index contributed by atoms with van der Waals surface area (Å²) in [5, 5.41) is 0. The number of hydrogen-bond donors (Lipinski definition) is 0. The lowest BCUT2D eigenvalue weighted by Crippen LogP contribution is -2.42. The highest BCUT2D eigenvalue weighted by molar-refractivity contribution is 6.27. The van der Waals surface area contributed by atoms with Crippen LogP contribution in [0, 0.1) is 5.92 Å². The van der Waals surface area contributed by atoms with E-state index in [1.54, 1.807) is 0 Å². The van der Waals surface area contributed by atoms with Crippen molar-refractivity contribution in [3.63, 3.8) is 0 Å². The summed E-state index contributed by atoms with van der Waals surface area (Å²) in [6, 6.07) is 0. The van der Waals surface area contributed by atoms with Crippen LogP contribution in [-0.4, -0.2) is 54.3 Å². The summed E-state index contributed by atoms with van der Waals surface area (Å²) in [4.78, 5) is 15.7. The summed E-state index contributed by atoms with van der Waals surface area (Å²) in [6.07, 6.45) is 2.25. The van der Waals surface area contributed by atoms with Crippen molar-refractivity contribution in [1.29, 1.82) is 0 Å². The van der Waals surface area contributed by atoms with Gasteiger partial charge in [-0.15, -0.1) is 11.6 Å². The molecule has 4 heteroatoms. The molecule has 1 aliphatic rings. The first-order valence-electron chi connectivity index (χ1n) is 6.27. The molecule has 1 rings (SSSR count). The van der Waals surface area contributed by atoms with Gasteiger partial charge in [0.1, 0.15) is 5.88 Å². The highest BCUT2D eigenvalue weighted by Gasteiger charge is 2.22. The molecule has 0 spiro atoms. The summed E-state index contributed by atoms with van der Waals surface area (Å²) in [7, 11) is 0. The Hall–Kier alpha value is -0.280. The molecule has 1 saturated heterocycles. The van der Waals surface area contributed by atoms with Crippen LogP contribution in [0.1, 0.15) is 26.7 Å². The number of nitrogens with zero attached hydrogens (tertiary/aromatic N) is 2. The van der Waals surface area contributed by atoms with E-state index < -0.39 is 0 Å². The van der Waals surface area contributed by atoms with Gasteiger partial charge in [0.05, 0.1) is 0 Å². The second-order valence-electron chi connectivity index (χ2n) is 4.44. The number of carbonyl (C=O) groups is 1. The van der Waals surface area contributed by atoms with Crippen molar-refractivity contribution in [2.75, 3.05) is 38.6 Å². The smallest absolute Gasteiger partial charge is 0.237 e. The fourth-order valence-corrected chi connectivity index (χ4v) is 2.47. The molecule has 0 aromatic rings. The number of likely N-dealkylation sites (tertiary alicyclic amines) is 1. The Morgan fingerprint density at radius 1 is 1.31 bits per heavy atom. The minimum Gasteiger partial charge on any atom is -0.342 e. The molecule has 0 unspecified atom stereocenters. The van der Waals surface area contributed by atoms with Crippen molar-refractivity contribution < 1.29 is 4.79 Å². The highest BCUT2D eigenvalue weighted by Crippen LogP contribution is 2.18. The molecule has 1 heterocycles. The number of halogens is 1. The van der Waals surface area contributed by atoms with Crippen LogP contribution < -0.4 is 0 Å². The van der Waals surface area contributed by atoms with E-state index in [1.165, 1.54) is 6.54 Å². The van der Waals surface area contributed by atoms with Gasteiger partial charge in [-0.1, -0.05) is 13.8 Å². The predicted molar refractivity (Wildman–Crippen MR) is 67.8 cm³/mol. The summed E-state index contributed by atoms with van der Waals surface area (Å²) >= 11 is 5.55. The van der Waals surface area contributed by atoms with E-state index in [4.69, 9.17) is 11.6 Å². The number of rotatable bonds is 5. The van der Waals surface area contributed by atoms with E-state index in [1.807, 2.05) is 4.90 Å². The van der Waals surface area contributed by atoms with Gasteiger partial charge in [-0.05, 0) is 31.8 Å². The maximum absolute atomic E-state index is 11.4. The molecule has 0 radical (unpaired) electrons. The summed E-state index contributed by atoms with van der Waals surface area (Å²) in [6.45, 7) is 9.60. The Labute approximate surface area is 104 Å². The minimum atomic E-state index is 0.0861. The molecule has 0 aromatic carbocycles. The van der Waals surface area contributed by atoms with E-state index in [9.17, 15) is 4.79 Å². The van der Waals surface area contributed by atoms with Crippen LogP contribution in [0.2, 0.25) is 0 Å². The van der Waals surface area contributed by atoms with Gasteiger partial charge in [-0.25, -0.2) is 0 Å². The standard InChI is InChI=1S/C12H23ClN2O/c1-3-14(4-2)10-11-5-7-15(8-6-11)12(16)9-13/h11H,3-10H2,1-2H3. The Morgan fingerprint density at radius 3 is 2.31 bits per heavy atom. The quantitative estimate of drug-likeness (QED) is 0.691. The molecule has 1 amide bonds. The minimum absolute atomic E-state index is 0.0861. The summed E-state index contributed by atoms with van der Waals surface area (Å²) in [5.74, 6) is 0.961. The third kappa shape index (κ3) is 3.95. The van der Waals surface area contributed by atoms with Crippen molar-refractivity contribution in [2.45, 2.75) is 26.7 Å². The number of carbonyl (C=O) groups excluding carboxylic acids is 1. The van der Waals surface area contributed by atoms with Gasteiger partial charge in [0.2, 0.25) is 5.91 Å². The van der Waals surface area contributed by atoms with Crippen LogP contribution >= 0.6 is 11.6 Å². The lowest BCUT2D eigenvalue weighted by Gasteiger charge is -2.34. The topological polar surface area (TPSA) is 23.6 Å². The third-order valence-electron chi connectivity index (χ3n) is 3.49. The fraction of sp³-hybridized carbons (Fsp3) is 0.917. The molecule has 16 heavy (non-hydrogen) atoms. The molecule has 0 N–H and O–H groups in total. The first-order chi connectivity index (χ1) is 7.71. The monoisotopic (exact) mass is 246 g/mol. The first kappa shape index (κ1) is 13.8. The van der Waals surface area contributed by atoms with Crippen molar-refractivity contribution in [3.05, 3.63) is 0 Å². The largest absolute Gasteiger partial charge is 0.342 e. The zero-order chi connectivity index (χ0) is 12.0. The molecular weight excluding hydrogens is 224 g/mol. The van der Waals surface area contributed by atoms with Crippen molar-refractivity contribution >= 4 is 17.5 Å². The number of amides is 1. The Morgan fingerprint density at radius 2 is 1.88 bits per heavy atom. The van der Waals surface area contributed by atoms with Gasteiger partial charge in [0, 0.05) is 19.6 Å². The molecule has 0 aromatic heterocycles. The summed E-state index contributed by atoms with van der Waals surface area (Å²) in [5.41, 5.74) is 0. The van der Waals surface area contributed by atoms with Gasteiger partial charge in [-0.2, -0.15) is 0 Å². The Balaban J connectivity index is 2.29. The van der Waals surface area contributed by atoms with Crippen molar-refractivity contribution in [1.82, 2.24) is 9.80 Å². The van der Waals surface area contributed by atoms with Crippen LogP contribution in [0.15, 0.2) is 0 Å². The van der Waals surface area contributed by atoms with Crippen LogP contribution in [0.4, 0.5) is 0 Å². The maximum Gasteiger partial charge on any atom is 0.237 e. The normalized spacial score (nSPS) is 18.1. The van der Waals surface area contributed by atoms with Gasteiger partial charge in [-0.3, -0.25) is 4.79 Å². The average Bonchev–Trinajstić information content (AvgIpc) is 2.35. The molecular formula is C12H23ClN2O. The number of hydrogen-bond acceptors (Lipinski definition) is 2.